The zero-order valence-electron chi connectivity index (χ0n) is 16.4. The maximum atomic E-state index is 11.8. The molecule has 1 saturated heterocycles. The monoisotopic (exact) mass is 411 g/mol. The van der Waals surface area contributed by atoms with Gasteiger partial charge in [0, 0.05) is 25.3 Å². The Balaban J connectivity index is 1.72. The Bertz CT molecular complexity index is 646. The molecule has 0 radical (unpaired) electrons. The zero-order chi connectivity index (χ0) is 19.8. The number of nitrogens with one attached hydrogen (secondary N) is 2. The molecular formula is C20H30ClN3O2S. The third-order valence-corrected chi connectivity index (χ3v) is 5.16. The van der Waals surface area contributed by atoms with Gasteiger partial charge in [0.05, 0.1) is 17.2 Å². The summed E-state index contributed by atoms with van der Waals surface area (Å²) < 4.78 is 4.97. The van der Waals surface area contributed by atoms with Crippen molar-refractivity contribution in [1.82, 2.24) is 10.2 Å². The number of thiocarbonyl (C=S) groups is 1. The molecule has 0 bridgehead atoms. The molecule has 1 aromatic carbocycles. The molecule has 1 fully saturated rings. The van der Waals surface area contributed by atoms with Crippen LogP contribution in [-0.2, 0) is 4.74 Å². The van der Waals surface area contributed by atoms with E-state index < -0.39 is 5.97 Å². The molecule has 27 heavy (non-hydrogen) atoms. The van der Waals surface area contributed by atoms with Crippen molar-refractivity contribution in [2.45, 2.75) is 33.6 Å². The smallest absolute Gasteiger partial charge is 0.339 e. The number of carbonyl (C=O) groups excluding carboxylic acids is 1. The minimum absolute atomic E-state index is 0.318. The number of carbonyl (C=O) groups is 1. The maximum absolute atomic E-state index is 11.8. The number of hydrogen-bond acceptors (Lipinski definition) is 4. The van der Waals surface area contributed by atoms with Crippen molar-refractivity contribution in [2.75, 3.05) is 38.1 Å². The van der Waals surface area contributed by atoms with E-state index in [0.717, 1.165) is 37.0 Å². The second-order valence-electron chi connectivity index (χ2n) is 7.36. The van der Waals surface area contributed by atoms with Crippen LogP contribution in [0.4, 0.5) is 5.69 Å². The number of halogens is 1. The highest BCUT2D eigenvalue weighted by Crippen LogP contribution is 2.22. The second-order valence-corrected chi connectivity index (χ2v) is 8.17. The highest BCUT2D eigenvalue weighted by Gasteiger charge is 2.21. The largest absolute Gasteiger partial charge is 0.462 e. The maximum Gasteiger partial charge on any atom is 0.339 e. The number of ether oxygens (including phenoxy) is 1. The molecule has 0 amide bonds. The molecule has 2 atom stereocenters. The molecule has 1 aliphatic heterocycles. The number of hydrogen-bond donors (Lipinski definition) is 2. The van der Waals surface area contributed by atoms with E-state index in [-0.39, 0.29) is 0 Å². The van der Waals surface area contributed by atoms with Gasteiger partial charge in [-0.3, -0.25) is 0 Å². The summed E-state index contributed by atoms with van der Waals surface area (Å²) >= 11 is 11.5. The van der Waals surface area contributed by atoms with Gasteiger partial charge in [-0.1, -0.05) is 25.4 Å². The first-order valence-electron chi connectivity index (χ1n) is 9.63. The molecule has 0 aromatic heterocycles. The van der Waals surface area contributed by atoms with E-state index in [1.807, 2.05) is 0 Å². The fourth-order valence-electron chi connectivity index (χ4n) is 3.62. The van der Waals surface area contributed by atoms with E-state index in [2.05, 4.69) is 29.4 Å². The van der Waals surface area contributed by atoms with Crippen molar-refractivity contribution < 1.29 is 9.53 Å². The first kappa shape index (κ1) is 21.9. The van der Waals surface area contributed by atoms with Gasteiger partial charge >= 0.3 is 5.97 Å². The van der Waals surface area contributed by atoms with Crippen LogP contribution in [0.2, 0.25) is 5.02 Å². The first-order chi connectivity index (χ1) is 12.9. The molecule has 2 N–H and O–H groups in total. The number of likely N-dealkylation sites (tertiary alicyclic amines) is 1. The van der Waals surface area contributed by atoms with E-state index in [0.29, 0.717) is 22.3 Å². The minimum atomic E-state index is -0.420. The van der Waals surface area contributed by atoms with Crippen molar-refractivity contribution >= 4 is 40.6 Å². The average molecular weight is 412 g/mol. The van der Waals surface area contributed by atoms with Crippen LogP contribution in [0.15, 0.2) is 18.2 Å². The van der Waals surface area contributed by atoms with E-state index in [1.54, 1.807) is 25.1 Å². The predicted octanol–water partition coefficient (Wildman–Crippen LogP) is 4.17. The third kappa shape index (κ3) is 7.28. The number of benzene rings is 1. The standard InChI is InChI=1S/C20H30ClN3O2S/c1-4-26-19(25)17-7-6-16(11-18(17)21)23-20(27)22-8-5-9-24-12-14(2)10-15(3)13-24/h6-7,11,14-15H,4-5,8-10,12-13H2,1-3H3,(H2,22,23,27). The lowest BCUT2D eigenvalue weighted by molar-refractivity contribution is 0.0526. The van der Waals surface area contributed by atoms with Crippen LogP contribution in [0.3, 0.4) is 0 Å². The van der Waals surface area contributed by atoms with Crippen molar-refractivity contribution in [3.05, 3.63) is 28.8 Å². The Labute approximate surface area is 172 Å². The van der Waals surface area contributed by atoms with Gasteiger partial charge < -0.3 is 20.3 Å². The van der Waals surface area contributed by atoms with E-state index in [4.69, 9.17) is 28.6 Å². The fourth-order valence-corrected chi connectivity index (χ4v) is 4.10. The quantitative estimate of drug-likeness (QED) is 0.399. The summed E-state index contributed by atoms with van der Waals surface area (Å²) in [5, 5.41) is 7.23. The zero-order valence-corrected chi connectivity index (χ0v) is 18.0. The highest BCUT2D eigenvalue weighted by atomic mass is 35.5. The van der Waals surface area contributed by atoms with Gasteiger partial charge in [-0.15, -0.1) is 0 Å². The Morgan fingerprint density at radius 3 is 2.67 bits per heavy atom. The highest BCUT2D eigenvalue weighted by molar-refractivity contribution is 7.80. The second kappa shape index (κ2) is 10.8. The molecule has 1 aliphatic rings. The van der Waals surface area contributed by atoms with Crippen molar-refractivity contribution in [3.63, 3.8) is 0 Å². The lowest BCUT2D eigenvalue weighted by Gasteiger charge is -2.35. The number of piperidine rings is 1. The normalized spacial score (nSPS) is 20.1. The van der Waals surface area contributed by atoms with Gasteiger partial charge in [0.15, 0.2) is 5.11 Å². The van der Waals surface area contributed by atoms with Crippen LogP contribution in [0, 0.1) is 11.8 Å². The number of anilines is 1. The molecule has 5 nitrogen and oxygen atoms in total. The van der Waals surface area contributed by atoms with Gasteiger partial charge in [0.2, 0.25) is 0 Å². The number of rotatable bonds is 7. The van der Waals surface area contributed by atoms with Gasteiger partial charge in [-0.2, -0.15) is 0 Å². The molecular weight excluding hydrogens is 382 g/mol. The molecule has 7 heteroatoms. The van der Waals surface area contributed by atoms with Gasteiger partial charge in [-0.05, 0) is 68.6 Å². The Kier molecular flexibility index (Phi) is 8.80. The summed E-state index contributed by atoms with van der Waals surface area (Å²) in [4.78, 5) is 14.3. The molecule has 1 aromatic rings. The van der Waals surface area contributed by atoms with Crippen LogP contribution >= 0.6 is 23.8 Å². The predicted molar refractivity (Wildman–Crippen MR) is 116 cm³/mol. The van der Waals surface area contributed by atoms with Crippen molar-refractivity contribution in [1.29, 1.82) is 0 Å². The summed E-state index contributed by atoms with van der Waals surface area (Å²) in [7, 11) is 0. The molecule has 150 valence electrons. The summed E-state index contributed by atoms with van der Waals surface area (Å²) in [5.74, 6) is 1.15. The van der Waals surface area contributed by atoms with Gasteiger partial charge in [0.1, 0.15) is 0 Å². The van der Waals surface area contributed by atoms with Crippen LogP contribution < -0.4 is 10.6 Å². The molecule has 1 heterocycles. The lowest BCUT2D eigenvalue weighted by atomic mass is 9.92. The molecule has 0 spiro atoms. The van der Waals surface area contributed by atoms with E-state index in [1.165, 1.54) is 19.5 Å². The Hall–Kier alpha value is -1.37. The van der Waals surface area contributed by atoms with E-state index >= 15 is 0 Å². The Morgan fingerprint density at radius 2 is 2.04 bits per heavy atom. The summed E-state index contributed by atoms with van der Waals surface area (Å²) in [6, 6.07) is 5.09. The van der Waals surface area contributed by atoms with Crippen LogP contribution in [0.1, 0.15) is 44.0 Å². The molecule has 0 saturated carbocycles. The van der Waals surface area contributed by atoms with Crippen molar-refractivity contribution in [3.8, 4) is 0 Å². The number of esters is 1. The van der Waals surface area contributed by atoms with E-state index in [9.17, 15) is 4.79 Å². The topological polar surface area (TPSA) is 53.6 Å². The van der Waals surface area contributed by atoms with Crippen LogP contribution in [-0.4, -0.2) is 48.8 Å². The van der Waals surface area contributed by atoms with Gasteiger partial charge in [0.25, 0.3) is 0 Å². The molecule has 2 rings (SSSR count). The fraction of sp³-hybridized carbons (Fsp3) is 0.600. The van der Waals surface area contributed by atoms with Gasteiger partial charge in [-0.25, -0.2) is 4.79 Å². The Morgan fingerprint density at radius 1 is 1.33 bits per heavy atom. The SMILES string of the molecule is CCOC(=O)c1ccc(NC(=S)NCCCN2CC(C)CC(C)C2)cc1Cl. The minimum Gasteiger partial charge on any atom is -0.462 e. The average Bonchev–Trinajstić information content (AvgIpc) is 2.58. The summed E-state index contributed by atoms with van der Waals surface area (Å²) in [6.07, 6.45) is 2.38. The summed E-state index contributed by atoms with van der Waals surface area (Å²) in [5.41, 5.74) is 1.09. The number of nitrogens with zero attached hydrogens (tertiary/aromatic N) is 1. The lowest BCUT2D eigenvalue weighted by Crippen LogP contribution is -2.40. The van der Waals surface area contributed by atoms with Crippen LogP contribution in [0.5, 0.6) is 0 Å². The summed E-state index contributed by atoms with van der Waals surface area (Å²) in [6.45, 7) is 11.0. The molecule has 2 unspecified atom stereocenters. The first-order valence-corrected chi connectivity index (χ1v) is 10.4. The van der Waals surface area contributed by atoms with Crippen LogP contribution in [0.25, 0.3) is 0 Å². The third-order valence-electron chi connectivity index (χ3n) is 4.60. The molecule has 0 aliphatic carbocycles. The van der Waals surface area contributed by atoms with Crippen molar-refractivity contribution in [2.24, 2.45) is 11.8 Å².